The summed E-state index contributed by atoms with van der Waals surface area (Å²) < 4.78 is 18.8. The molecule has 0 aromatic carbocycles. The lowest BCUT2D eigenvalue weighted by Gasteiger charge is -2.19. The number of methoxy groups -OCH3 is 2. The van der Waals surface area contributed by atoms with Crippen molar-refractivity contribution >= 4 is 26.2 Å². The van der Waals surface area contributed by atoms with Gasteiger partial charge in [-0.15, -0.1) is 15.1 Å². The maximum atomic E-state index is 10.5. The zero-order valence-corrected chi connectivity index (χ0v) is 18.1. The van der Waals surface area contributed by atoms with Crippen molar-refractivity contribution in [3.8, 4) is 11.6 Å². The predicted molar refractivity (Wildman–Crippen MR) is 113 cm³/mol. The van der Waals surface area contributed by atoms with Crippen LogP contribution >= 0.6 is 20.5 Å². The highest BCUT2D eigenvalue weighted by molar-refractivity contribution is 8.03. The molecule has 1 atom stereocenters. The number of allylic oxidation sites excluding steroid dienone is 4. The van der Waals surface area contributed by atoms with Gasteiger partial charge >= 0.3 is 0 Å². The highest BCUT2D eigenvalue weighted by Gasteiger charge is 2.25. The van der Waals surface area contributed by atoms with Gasteiger partial charge in [0.25, 0.3) is 0 Å². The van der Waals surface area contributed by atoms with E-state index in [1.54, 1.807) is 26.4 Å². The molecule has 2 heterocycles. The highest BCUT2D eigenvalue weighted by atomic mass is 32.2. The minimum atomic E-state index is -0.0811. The van der Waals surface area contributed by atoms with Crippen LogP contribution in [0.2, 0.25) is 0 Å². The predicted octanol–water partition coefficient (Wildman–Crippen LogP) is 5.20. The number of hydrogen-bond donors (Lipinski definition) is 0. The molecule has 0 spiro atoms. The summed E-state index contributed by atoms with van der Waals surface area (Å²) in [5, 5.41) is 9.20. The van der Waals surface area contributed by atoms with Gasteiger partial charge in [0.2, 0.25) is 5.82 Å². The second-order valence-corrected chi connectivity index (χ2v) is 7.70. The molecular weight excluding hydrogens is 399 g/mol. The molecule has 1 unspecified atom stereocenters. The van der Waals surface area contributed by atoms with Crippen molar-refractivity contribution in [1.82, 2.24) is 14.8 Å². The zero-order valence-electron chi connectivity index (χ0n) is 16.3. The van der Waals surface area contributed by atoms with Crippen molar-refractivity contribution in [2.24, 2.45) is 4.95 Å². The fourth-order valence-electron chi connectivity index (χ4n) is 2.53. The number of aryl methyl sites for hydroxylation is 1. The van der Waals surface area contributed by atoms with E-state index in [2.05, 4.69) is 21.7 Å². The van der Waals surface area contributed by atoms with Crippen LogP contribution in [0, 0.1) is 11.8 Å². The summed E-state index contributed by atoms with van der Waals surface area (Å²) in [5.74, 6) is 3.04. The van der Waals surface area contributed by atoms with E-state index in [-0.39, 0.29) is 8.73 Å². The first-order chi connectivity index (χ1) is 13.6. The smallest absolute Gasteiger partial charge is 0.205 e. The van der Waals surface area contributed by atoms with E-state index in [0.717, 1.165) is 5.76 Å². The summed E-state index contributed by atoms with van der Waals surface area (Å²) in [6.07, 6.45) is 3.98. The maximum Gasteiger partial charge on any atom is 0.205 e. The molecule has 0 bridgehead atoms. The van der Waals surface area contributed by atoms with Crippen LogP contribution in [0.25, 0.3) is 17.3 Å². The normalized spacial score (nSPS) is 12.9. The van der Waals surface area contributed by atoms with Gasteiger partial charge in [-0.2, -0.15) is 0 Å². The third-order valence-corrected chi connectivity index (χ3v) is 5.45. The second kappa shape index (κ2) is 10.8. The van der Waals surface area contributed by atoms with Crippen molar-refractivity contribution in [2.45, 2.75) is 25.4 Å². The van der Waals surface area contributed by atoms with Gasteiger partial charge in [0.1, 0.15) is 23.0 Å². The molecule has 28 heavy (non-hydrogen) atoms. The lowest BCUT2D eigenvalue weighted by atomic mass is 10.2. The van der Waals surface area contributed by atoms with E-state index in [9.17, 15) is 4.91 Å². The van der Waals surface area contributed by atoms with Gasteiger partial charge in [0.05, 0.1) is 23.0 Å². The summed E-state index contributed by atoms with van der Waals surface area (Å²) >= 11 is 1.37. The van der Waals surface area contributed by atoms with E-state index in [4.69, 9.17) is 13.9 Å². The molecule has 2 aromatic heterocycles. The highest BCUT2D eigenvalue weighted by Crippen LogP contribution is 2.36. The average Bonchev–Trinajstić information content (AvgIpc) is 3.31. The van der Waals surface area contributed by atoms with Gasteiger partial charge in [-0.3, -0.25) is 4.57 Å². The first-order valence-electron chi connectivity index (χ1n) is 8.46. The quantitative estimate of drug-likeness (QED) is 0.123. The number of nitrogens with zero attached hydrogens (tertiary/aromatic N) is 4. The van der Waals surface area contributed by atoms with Crippen LogP contribution in [0.5, 0.6) is 0 Å². The molecule has 0 saturated heterocycles. The van der Waals surface area contributed by atoms with Gasteiger partial charge in [0, 0.05) is 11.9 Å². The molecule has 8 nitrogen and oxygen atoms in total. The Morgan fingerprint density at radius 1 is 1.39 bits per heavy atom. The minimum Gasteiger partial charge on any atom is -0.499 e. The Kier molecular flexibility index (Phi) is 8.47. The molecule has 0 N–H and O–H groups in total. The van der Waals surface area contributed by atoms with Gasteiger partial charge in [-0.1, -0.05) is 36.3 Å². The van der Waals surface area contributed by atoms with Crippen LogP contribution in [0.3, 0.4) is 0 Å². The summed E-state index contributed by atoms with van der Waals surface area (Å²) in [6.45, 7) is 7.60. The third-order valence-electron chi connectivity index (χ3n) is 3.70. The Hall–Kier alpha value is -2.38. The lowest BCUT2D eigenvalue weighted by Crippen LogP contribution is -2.10. The van der Waals surface area contributed by atoms with Crippen molar-refractivity contribution < 1.29 is 13.9 Å². The number of ether oxygens (including phenoxy) is 2. The van der Waals surface area contributed by atoms with Crippen molar-refractivity contribution in [3.05, 3.63) is 53.0 Å². The van der Waals surface area contributed by atoms with Crippen LogP contribution in [-0.4, -0.2) is 34.5 Å². The first-order valence-corrected chi connectivity index (χ1v) is 10.6. The largest absolute Gasteiger partial charge is 0.499 e. The number of aromatic nitrogens is 3. The Balaban J connectivity index is 2.76. The summed E-state index contributed by atoms with van der Waals surface area (Å²) in [5.41, 5.74) is 1.14. The molecule has 0 radical (unpaired) electrons. The van der Waals surface area contributed by atoms with Gasteiger partial charge in [-0.25, -0.2) is 0 Å². The Morgan fingerprint density at radius 3 is 2.71 bits per heavy atom. The lowest BCUT2D eigenvalue weighted by molar-refractivity contribution is 0.268. The van der Waals surface area contributed by atoms with Gasteiger partial charge < -0.3 is 13.9 Å². The number of rotatable bonds is 11. The molecule has 0 amide bonds. The van der Waals surface area contributed by atoms with E-state index >= 15 is 0 Å². The molecule has 0 aliphatic carbocycles. The van der Waals surface area contributed by atoms with Crippen molar-refractivity contribution in [3.63, 3.8) is 0 Å². The summed E-state index contributed by atoms with van der Waals surface area (Å²) in [4.78, 5) is 13.4. The van der Waals surface area contributed by atoms with E-state index in [1.165, 1.54) is 11.8 Å². The maximum absolute atomic E-state index is 10.5. The van der Waals surface area contributed by atoms with Gasteiger partial charge in [-0.05, 0) is 25.1 Å². The molecule has 0 aliphatic heterocycles. The number of hydrogen-bond acceptors (Lipinski definition) is 8. The van der Waals surface area contributed by atoms with Crippen LogP contribution in [-0.2, 0) is 9.47 Å². The number of thioether (sulfide) groups is 1. The average molecular weight is 422 g/mol. The van der Waals surface area contributed by atoms with Crippen LogP contribution in [0.15, 0.2) is 56.9 Å². The molecule has 2 rings (SSSR count). The SMILES string of the molecule is C=C/C=C(OC)\C(=C(/CC)OC)n1c(SCPN=O)nnc1-c1ccc(C)o1. The third kappa shape index (κ3) is 4.91. The summed E-state index contributed by atoms with van der Waals surface area (Å²) in [6, 6.07) is 3.69. The molecule has 2 aromatic rings. The topological polar surface area (TPSA) is 91.7 Å². The Morgan fingerprint density at radius 2 is 2.18 bits per heavy atom. The zero-order chi connectivity index (χ0) is 20.5. The molecule has 10 heteroatoms. The van der Waals surface area contributed by atoms with Crippen LogP contribution in [0.1, 0.15) is 19.1 Å². The van der Waals surface area contributed by atoms with E-state index in [0.29, 0.717) is 45.9 Å². The second-order valence-electron chi connectivity index (χ2n) is 5.39. The molecule has 0 fully saturated rings. The number of furan rings is 1. The monoisotopic (exact) mass is 422 g/mol. The van der Waals surface area contributed by atoms with Crippen molar-refractivity contribution in [1.29, 1.82) is 0 Å². The molecule has 150 valence electrons. The minimum absolute atomic E-state index is 0.0811. The first kappa shape index (κ1) is 21.9. The summed E-state index contributed by atoms with van der Waals surface area (Å²) in [7, 11) is 3.09. The van der Waals surface area contributed by atoms with E-state index in [1.807, 2.05) is 30.5 Å². The van der Waals surface area contributed by atoms with Gasteiger partial charge in [0.15, 0.2) is 10.9 Å². The Labute approximate surface area is 169 Å². The standard InChI is InChI=1S/C18H23N4O4PS/c1-6-8-14(25-5)16(13(7-2)24-4)22-17(15-10-9-12(3)26-15)19-20-18(22)28-11-27-21-23/h6,8-10,27H,1,7,11H2,2-5H3/b14-8+,16-13-. The fraction of sp³-hybridized carbons (Fsp3) is 0.333. The van der Waals surface area contributed by atoms with Crippen LogP contribution in [0.4, 0.5) is 0 Å². The number of nitroso groups, excluding NO2 is 1. The molecule has 0 aliphatic rings. The fourth-order valence-corrected chi connectivity index (χ4v) is 3.92. The van der Waals surface area contributed by atoms with Crippen LogP contribution < -0.4 is 0 Å². The molecular formula is C18H23N4O4PS. The molecule has 0 saturated carbocycles. The van der Waals surface area contributed by atoms with Crippen molar-refractivity contribution in [2.75, 3.05) is 19.7 Å². The van der Waals surface area contributed by atoms with E-state index < -0.39 is 0 Å². The Bertz CT molecular complexity index is 882.